The molecule has 0 unspecified atom stereocenters. The van der Waals surface area contributed by atoms with Crippen LogP contribution in [0.1, 0.15) is 22.4 Å². The molecule has 35 heavy (non-hydrogen) atoms. The molecule has 0 saturated heterocycles. The number of carbonyl (C=O) groups is 1. The second kappa shape index (κ2) is 10.0. The molecule has 0 saturated carbocycles. The third-order valence-electron chi connectivity index (χ3n) is 6.27. The van der Waals surface area contributed by atoms with Crippen LogP contribution >= 0.6 is 0 Å². The van der Waals surface area contributed by atoms with E-state index in [2.05, 4.69) is 10.3 Å². The number of methoxy groups -OCH3 is 2. The molecule has 2 aromatic carbocycles. The van der Waals surface area contributed by atoms with Gasteiger partial charge in [-0.05, 0) is 62.6 Å². The molecule has 4 aromatic rings. The van der Waals surface area contributed by atoms with E-state index in [4.69, 9.17) is 9.47 Å². The molecule has 0 radical (unpaired) electrons. The van der Waals surface area contributed by atoms with Gasteiger partial charge in [-0.1, -0.05) is 23.8 Å². The van der Waals surface area contributed by atoms with Crippen LogP contribution in [0, 0.1) is 20.8 Å². The number of aromatic nitrogens is 3. The van der Waals surface area contributed by atoms with Gasteiger partial charge in [-0.15, -0.1) is 0 Å². The molecule has 2 aromatic heterocycles. The lowest BCUT2D eigenvalue weighted by molar-refractivity contribution is -0.121. The largest absolute Gasteiger partial charge is 0.493 e. The number of hydrogen-bond donors (Lipinski definition) is 1. The number of nitrogens with zero attached hydrogens (tertiary/aromatic N) is 3. The molecule has 0 aliphatic rings. The van der Waals surface area contributed by atoms with Crippen molar-refractivity contribution in [2.24, 2.45) is 0 Å². The van der Waals surface area contributed by atoms with Crippen molar-refractivity contribution in [2.75, 3.05) is 20.8 Å². The first-order chi connectivity index (χ1) is 16.8. The third-order valence-corrected chi connectivity index (χ3v) is 6.27. The summed E-state index contributed by atoms with van der Waals surface area (Å²) < 4.78 is 13.9. The van der Waals surface area contributed by atoms with Gasteiger partial charge in [0.15, 0.2) is 17.1 Å². The van der Waals surface area contributed by atoms with E-state index >= 15 is 0 Å². The molecule has 0 aliphatic heterocycles. The fourth-order valence-corrected chi connectivity index (χ4v) is 4.20. The molecule has 0 spiro atoms. The number of aryl methyl sites for hydroxylation is 2. The second-order valence-electron chi connectivity index (χ2n) is 8.55. The predicted octanol–water partition coefficient (Wildman–Crippen LogP) is 3.49. The molecule has 182 valence electrons. The number of ether oxygens (including phenoxy) is 2. The summed E-state index contributed by atoms with van der Waals surface area (Å²) in [5.41, 5.74) is 5.30. The lowest BCUT2D eigenvalue weighted by atomic mass is 10.1. The average molecular weight is 475 g/mol. The van der Waals surface area contributed by atoms with E-state index in [0.717, 1.165) is 28.1 Å². The Hall–Kier alpha value is -4.07. The lowest BCUT2D eigenvalue weighted by Crippen LogP contribution is -2.33. The monoisotopic (exact) mass is 474 g/mol. The van der Waals surface area contributed by atoms with Gasteiger partial charge in [0.1, 0.15) is 12.9 Å². The number of amides is 1. The van der Waals surface area contributed by atoms with Crippen LogP contribution in [0.25, 0.3) is 16.7 Å². The average Bonchev–Trinajstić information content (AvgIpc) is 3.11. The summed E-state index contributed by atoms with van der Waals surface area (Å²) in [6.07, 6.45) is 2.07. The molecule has 0 fully saturated rings. The zero-order valence-electron chi connectivity index (χ0n) is 20.7. The maximum Gasteiger partial charge on any atom is 0.263 e. The summed E-state index contributed by atoms with van der Waals surface area (Å²) >= 11 is 0. The Bertz CT molecular complexity index is 1430. The number of hydrogen-bond acceptors (Lipinski definition) is 5. The minimum Gasteiger partial charge on any atom is -0.493 e. The fourth-order valence-electron chi connectivity index (χ4n) is 4.20. The number of rotatable bonds is 8. The van der Waals surface area contributed by atoms with Gasteiger partial charge in [0, 0.05) is 17.9 Å². The summed E-state index contributed by atoms with van der Waals surface area (Å²) in [6.45, 7) is 6.26. The number of carbonyl (C=O) groups excluding carboxylic acids is 1. The fraction of sp³-hybridized carbons (Fsp3) is 0.296. The molecule has 0 bridgehead atoms. The van der Waals surface area contributed by atoms with E-state index in [-0.39, 0.29) is 18.0 Å². The molecule has 0 aliphatic carbocycles. The van der Waals surface area contributed by atoms with Crippen LogP contribution < -0.4 is 20.3 Å². The normalized spacial score (nSPS) is 11.0. The quantitative estimate of drug-likeness (QED) is 0.422. The minimum absolute atomic E-state index is 0.0953. The smallest absolute Gasteiger partial charge is 0.263 e. The van der Waals surface area contributed by atoms with Gasteiger partial charge in [-0.3, -0.25) is 18.7 Å². The van der Waals surface area contributed by atoms with E-state index in [1.807, 2.05) is 67.8 Å². The lowest BCUT2D eigenvalue weighted by Gasteiger charge is -2.11. The van der Waals surface area contributed by atoms with Crippen molar-refractivity contribution in [3.05, 3.63) is 81.5 Å². The van der Waals surface area contributed by atoms with Crippen LogP contribution in [0.2, 0.25) is 0 Å². The maximum atomic E-state index is 13.3. The summed E-state index contributed by atoms with van der Waals surface area (Å²) in [7, 11) is 3.18. The van der Waals surface area contributed by atoms with E-state index in [9.17, 15) is 9.59 Å². The van der Waals surface area contributed by atoms with Crippen LogP contribution in [0.15, 0.2) is 53.6 Å². The SMILES string of the molecule is COc1ccc(CCNC(=O)Cn2cnc3c(c(C)c(C)n3-c3ccc(C)cc3)c2=O)cc1OC. The van der Waals surface area contributed by atoms with Crippen LogP contribution in [0.4, 0.5) is 0 Å². The molecule has 2 heterocycles. The highest BCUT2D eigenvalue weighted by atomic mass is 16.5. The molecule has 8 nitrogen and oxygen atoms in total. The third kappa shape index (κ3) is 4.77. The first kappa shape index (κ1) is 24.1. The molecular formula is C27H30N4O4. The van der Waals surface area contributed by atoms with Gasteiger partial charge in [-0.25, -0.2) is 4.98 Å². The van der Waals surface area contributed by atoms with Crippen LogP contribution in [0.3, 0.4) is 0 Å². The van der Waals surface area contributed by atoms with Gasteiger partial charge in [-0.2, -0.15) is 0 Å². The van der Waals surface area contributed by atoms with Crippen molar-refractivity contribution in [1.29, 1.82) is 0 Å². The van der Waals surface area contributed by atoms with Crippen molar-refractivity contribution >= 4 is 16.9 Å². The van der Waals surface area contributed by atoms with E-state index < -0.39 is 0 Å². The Labute approximate surface area is 204 Å². The summed E-state index contributed by atoms with van der Waals surface area (Å²) in [5.74, 6) is 1.05. The van der Waals surface area contributed by atoms with Gasteiger partial charge >= 0.3 is 0 Å². The molecule has 0 atom stereocenters. The minimum atomic E-state index is -0.249. The summed E-state index contributed by atoms with van der Waals surface area (Å²) in [6, 6.07) is 13.7. The van der Waals surface area contributed by atoms with E-state index in [1.165, 1.54) is 10.9 Å². The number of fused-ring (bicyclic) bond motifs is 1. The first-order valence-electron chi connectivity index (χ1n) is 11.5. The highest BCUT2D eigenvalue weighted by molar-refractivity contribution is 5.83. The Balaban J connectivity index is 1.49. The van der Waals surface area contributed by atoms with Crippen molar-refractivity contribution in [3.8, 4) is 17.2 Å². The van der Waals surface area contributed by atoms with Crippen LogP contribution in [-0.2, 0) is 17.8 Å². The van der Waals surface area contributed by atoms with Crippen molar-refractivity contribution < 1.29 is 14.3 Å². The second-order valence-corrected chi connectivity index (χ2v) is 8.55. The molecule has 4 rings (SSSR count). The highest BCUT2D eigenvalue weighted by Crippen LogP contribution is 2.28. The van der Waals surface area contributed by atoms with Crippen LogP contribution in [-0.4, -0.2) is 40.8 Å². The van der Waals surface area contributed by atoms with Gasteiger partial charge in [0.05, 0.1) is 19.6 Å². The predicted molar refractivity (Wildman–Crippen MR) is 136 cm³/mol. The number of nitrogens with one attached hydrogen (secondary N) is 1. The highest BCUT2D eigenvalue weighted by Gasteiger charge is 2.18. The van der Waals surface area contributed by atoms with Crippen molar-refractivity contribution in [3.63, 3.8) is 0 Å². The van der Waals surface area contributed by atoms with Gasteiger partial charge < -0.3 is 14.8 Å². The van der Waals surface area contributed by atoms with E-state index in [0.29, 0.717) is 35.5 Å². The van der Waals surface area contributed by atoms with Gasteiger partial charge in [0.25, 0.3) is 5.56 Å². The topological polar surface area (TPSA) is 87.4 Å². The molecular weight excluding hydrogens is 444 g/mol. The van der Waals surface area contributed by atoms with Crippen LogP contribution in [0.5, 0.6) is 11.5 Å². The standard InChI is InChI=1S/C27H30N4O4/c1-17-6-9-21(10-7-17)31-19(3)18(2)25-26(31)29-16-30(27(25)33)15-24(32)28-13-12-20-8-11-22(34-4)23(14-20)35-5/h6-11,14,16H,12-13,15H2,1-5H3,(H,28,32). The van der Waals surface area contributed by atoms with E-state index in [1.54, 1.807) is 14.2 Å². The Morgan fingerprint density at radius 2 is 1.71 bits per heavy atom. The Morgan fingerprint density at radius 3 is 2.40 bits per heavy atom. The number of benzene rings is 2. The zero-order valence-corrected chi connectivity index (χ0v) is 20.7. The van der Waals surface area contributed by atoms with Crippen molar-refractivity contribution in [2.45, 2.75) is 33.7 Å². The zero-order chi connectivity index (χ0) is 25.1. The maximum absolute atomic E-state index is 13.3. The Morgan fingerprint density at radius 1 is 1.00 bits per heavy atom. The summed E-state index contributed by atoms with van der Waals surface area (Å²) in [5, 5.41) is 3.41. The first-order valence-corrected chi connectivity index (χ1v) is 11.5. The van der Waals surface area contributed by atoms with Gasteiger partial charge in [0.2, 0.25) is 5.91 Å². The summed E-state index contributed by atoms with van der Waals surface area (Å²) in [4.78, 5) is 30.4. The van der Waals surface area contributed by atoms with Crippen molar-refractivity contribution in [1.82, 2.24) is 19.4 Å². The Kier molecular flexibility index (Phi) is 6.91. The molecule has 8 heteroatoms. The molecule has 1 N–H and O–H groups in total. The molecule has 1 amide bonds.